The van der Waals surface area contributed by atoms with Gasteiger partial charge in [0, 0.05) is 11.6 Å². The Balaban J connectivity index is 2.25. The minimum atomic E-state index is -1.11. The monoisotopic (exact) mass is 282 g/mol. The summed E-state index contributed by atoms with van der Waals surface area (Å²) in [4.78, 5) is 23.3. The van der Waals surface area contributed by atoms with Crippen LogP contribution in [0, 0.1) is 5.41 Å². The fourth-order valence-corrected chi connectivity index (χ4v) is 2.36. The first-order valence-corrected chi connectivity index (χ1v) is 6.41. The zero-order valence-electron chi connectivity index (χ0n) is 10.3. The molecule has 0 saturated heterocycles. The molecule has 0 aromatic heterocycles. The summed E-state index contributed by atoms with van der Waals surface area (Å²) in [6.45, 7) is 0.266. The summed E-state index contributed by atoms with van der Waals surface area (Å²) in [7, 11) is 0. The average Bonchev–Trinajstić information content (AvgIpc) is 2.27. The van der Waals surface area contributed by atoms with Crippen LogP contribution in [0.2, 0.25) is 5.02 Å². The molecule has 102 valence electrons. The van der Waals surface area contributed by atoms with Crippen LogP contribution in [0.15, 0.2) is 18.2 Å². The van der Waals surface area contributed by atoms with Crippen LogP contribution >= 0.6 is 11.6 Å². The third-order valence-electron chi connectivity index (χ3n) is 3.64. The minimum absolute atomic E-state index is 0.0178. The molecule has 1 saturated carbocycles. The predicted octanol–water partition coefficient (Wildman–Crippen LogP) is 2.11. The van der Waals surface area contributed by atoms with Crippen LogP contribution in [0.1, 0.15) is 29.6 Å². The number of carbonyl (C=O) groups excluding carboxylic acids is 1. The number of nitrogens with one attached hydrogen (secondary N) is 1. The topological polar surface area (TPSA) is 92.4 Å². The molecule has 0 radical (unpaired) electrons. The van der Waals surface area contributed by atoms with E-state index >= 15 is 0 Å². The quantitative estimate of drug-likeness (QED) is 0.788. The molecule has 1 fully saturated rings. The first kappa shape index (κ1) is 13.8. The number of aromatic carboxylic acids is 1. The van der Waals surface area contributed by atoms with Gasteiger partial charge in [0.1, 0.15) is 0 Å². The van der Waals surface area contributed by atoms with Gasteiger partial charge in [-0.25, -0.2) is 4.79 Å². The van der Waals surface area contributed by atoms with E-state index in [0.717, 1.165) is 19.3 Å². The van der Waals surface area contributed by atoms with E-state index in [1.807, 2.05) is 0 Å². The Kier molecular flexibility index (Phi) is 3.78. The van der Waals surface area contributed by atoms with Gasteiger partial charge in [0.25, 0.3) is 0 Å². The summed E-state index contributed by atoms with van der Waals surface area (Å²) in [5.74, 6) is -1.34. The van der Waals surface area contributed by atoms with Gasteiger partial charge in [0.15, 0.2) is 0 Å². The Labute approximate surface area is 115 Å². The van der Waals surface area contributed by atoms with Crippen LogP contribution in [-0.2, 0) is 4.79 Å². The van der Waals surface area contributed by atoms with Crippen molar-refractivity contribution < 1.29 is 14.7 Å². The lowest BCUT2D eigenvalue weighted by atomic mass is 9.68. The number of carboxylic acids is 1. The van der Waals surface area contributed by atoms with Crippen molar-refractivity contribution in [2.24, 2.45) is 11.1 Å². The van der Waals surface area contributed by atoms with Gasteiger partial charge in [0.2, 0.25) is 5.91 Å². The maximum atomic E-state index is 12.2. The van der Waals surface area contributed by atoms with Crippen molar-refractivity contribution in [3.63, 3.8) is 0 Å². The van der Waals surface area contributed by atoms with Crippen molar-refractivity contribution >= 4 is 29.2 Å². The molecule has 1 amide bonds. The van der Waals surface area contributed by atoms with E-state index in [1.165, 1.54) is 18.2 Å². The molecule has 0 unspecified atom stereocenters. The summed E-state index contributed by atoms with van der Waals surface area (Å²) < 4.78 is 0. The Bertz CT molecular complexity index is 521. The number of benzene rings is 1. The molecule has 4 N–H and O–H groups in total. The predicted molar refractivity (Wildman–Crippen MR) is 72.4 cm³/mol. The van der Waals surface area contributed by atoms with E-state index in [-0.39, 0.29) is 23.7 Å². The maximum Gasteiger partial charge on any atom is 0.337 e. The number of hydrogen-bond donors (Lipinski definition) is 3. The Morgan fingerprint density at radius 2 is 2.11 bits per heavy atom. The molecule has 6 heteroatoms. The second kappa shape index (κ2) is 5.19. The molecule has 2 rings (SSSR count). The van der Waals surface area contributed by atoms with E-state index in [4.69, 9.17) is 22.4 Å². The normalized spacial score (nSPS) is 16.5. The van der Waals surface area contributed by atoms with Gasteiger partial charge in [-0.3, -0.25) is 4.79 Å². The van der Waals surface area contributed by atoms with Gasteiger partial charge >= 0.3 is 5.97 Å². The summed E-state index contributed by atoms with van der Waals surface area (Å²) in [6, 6.07) is 4.28. The highest BCUT2D eigenvalue weighted by atomic mass is 35.5. The van der Waals surface area contributed by atoms with Crippen molar-refractivity contribution in [2.75, 3.05) is 11.9 Å². The van der Waals surface area contributed by atoms with Crippen LogP contribution in [-0.4, -0.2) is 23.5 Å². The summed E-state index contributed by atoms with van der Waals surface area (Å²) in [6.07, 6.45) is 2.43. The molecule has 1 aromatic carbocycles. The van der Waals surface area contributed by atoms with E-state index < -0.39 is 11.4 Å². The number of nitrogens with two attached hydrogens (primary N) is 1. The molecule has 0 heterocycles. The summed E-state index contributed by atoms with van der Waals surface area (Å²) in [5.41, 5.74) is 5.32. The molecular weight excluding hydrogens is 268 g/mol. The van der Waals surface area contributed by atoms with Gasteiger partial charge in [0.05, 0.1) is 16.7 Å². The zero-order valence-corrected chi connectivity index (χ0v) is 11.0. The fourth-order valence-electron chi connectivity index (χ4n) is 2.19. The van der Waals surface area contributed by atoms with Crippen molar-refractivity contribution in [1.29, 1.82) is 0 Å². The smallest absolute Gasteiger partial charge is 0.337 e. The number of anilines is 1. The molecule has 0 spiro atoms. The largest absolute Gasteiger partial charge is 0.478 e. The van der Waals surface area contributed by atoms with Crippen molar-refractivity contribution in [2.45, 2.75) is 19.3 Å². The van der Waals surface area contributed by atoms with E-state index in [0.29, 0.717) is 5.02 Å². The van der Waals surface area contributed by atoms with Gasteiger partial charge in [-0.05, 0) is 31.0 Å². The average molecular weight is 283 g/mol. The zero-order chi connectivity index (χ0) is 14.0. The third kappa shape index (κ3) is 2.57. The van der Waals surface area contributed by atoms with Crippen molar-refractivity contribution in [1.82, 2.24) is 0 Å². The van der Waals surface area contributed by atoms with Crippen molar-refractivity contribution in [3.8, 4) is 0 Å². The van der Waals surface area contributed by atoms with Gasteiger partial charge in [-0.2, -0.15) is 0 Å². The number of rotatable bonds is 4. The molecule has 0 bridgehead atoms. The molecule has 5 nitrogen and oxygen atoms in total. The summed E-state index contributed by atoms with van der Waals surface area (Å²) >= 11 is 5.83. The van der Waals surface area contributed by atoms with E-state index in [1.54, 1.807) is 0 Å². The molecule has 0 atom stereocenters. The second-order valence-electron chi connectivity index (χ2n) is 4.79. The molecule has 1 aromatic rings. The highest BCUT2D eigenvalue weighted by Crippen LogP contribution is 2.41. The molecule has 0 aliphatic heterocycles. The van der Waals surface area contributed by atoms with Crippen LogP contribution in [0.4, 0.5) is 5.69 Å². The number of carboxylic acid groups (broad SMARTS) is 1. The van der Waals surface area contributed by atoms with Crippen LogP contribution in [0.25, 0.3) is 0 Å². The number of hydrogen-bond acceptors (Lipinski definition) is 3. The fraction of sp³-hybridized carbons (Fsp3) is 0.385. The molecule has 19 heavy (non-hydrogen) atoms. The van der Waals surface area contributed by atoms with E-state index in [9.17, 15) is 9.59 Å². The summed E-state index contributed by atoms with van der Waals surface area (Å²) in [5, 5.41) is 12.1. The molecule has 1 aliphatic rings. The lowest BCUT2D eigenvalue weighted by Gasteiger charge is -2.39. The minimum Gasteiger partial charge on any atom is -0.478 e. The van der Waals surface area contributed by atoms with Gasteiger partial charge in [-0.1, -0.05) is 18.0 Å². The van der Waals surface area contributed by atoms with Crippen LogP contribution in [0.5, 0.6) is 0 Å². The molecule has 1 aliphatic carbocycles. The molecular formula is C13H15ClN2O3. The Morgan fingerprint density at radius 3 is 2.58 bits per heavy atom. The van der Waals surface area contributed by atoms with Crippen molar-refractivity contribution in [3.05, 3.63) is 28.8 Å². The lowest BCUT2D eigenvalue weighted by Crippen LogP contribution is -2.47. The SMILES string of the molecule is NCC1(C(=O)Nc2cc(Cl)ccc2C(=O)O)CCC1. The Hall–Kier alpha value is -1.59. The van der Waals surface area contributed by atoms with E-state index in [2.05, 4.69) is 5.32 Å². The lowest BCUT2D eigenvalue weighted by molar-refractivity contribution is -0.129. The number of carbonyl (C=O) groups is 2. The van der Waals surface area contributed by atoms with Gasteiger partial charge < -0.3 is 16.2 Å². The number of halogens is 1. The number of amides is 1. The van der Waals surface area contributed by atoms with Crippen LogP contribution in [0.3, 0.4) is 0 Å². The highest BCUT2D eigenvalue weighted by Gasteiger charge is 2.43. The standard InChI is InChI=1S/C13H15ClN2O3/c14-8-2-3-9(11(17)18)10(6-8)16-12(19)13(7-15)4-1-5-13/h2-3,6H,1,4-5,7,15H2,(H,16,19)(H,17,18). The maximum absolute atomic E-state index is 12.2. The second-order valence-corrected chi connectivity index (χ2v) is 5.22. The third-order valence-corrected chi connectivity index (χ3v) is 3.88. The van der Waals surface area contributed by atoms with Gasteiger partial charge in [-0.15, -0.1) is 0 Å². The Morgan fingerprint density at radius 1 is 1.42 bits per heavy atom. The van der Waals surface area contributed by atoms with Crippen LogP contribution < -0.4 is 11.1 Å². The first-order chi connectivity index (χ1) is 8.98. The highest BCUT2D eigenvalue weighted by molar-refractivity contribution is 6.31. The first-order valence-electron chi connectivity index (χ1n) is 6.03.